The molecule has 0 unspecified atom stereocenters. The van der Waals surface area contributed by atoms with E-state index in [0.717, 1.165) is 5.01 Å². The molecule has 5 heteroatoms. The predicted octanol–water partition coefficient (Wildman–Crippen LogP) is 2.47. The first-order chi connectivity index (χ1) is 6.18. The highest BCUT2D eigenvalue weighted by atomic mass is 32.1. The topological polar surface area (TPSA) is 51.8 Å². The highest BCUT2D eigenvalue weighted by molar-refractivity contribution is 7.23. The van der Waals surface area contributed by atoms with E-state index in [1.165, 1.54) is 27.3 Å². The average molecular weight is 211 g/mol. The van der Waals surface area contributed by atoms with Gasteiger partial charge in [0.1, 0.15) is 0 Å². The van der Waals surface area contributed by atoms with Crippen LogP contribution in [0.1, 0.15) is 11.1 Å². The van der Waals surface area contributed by atoms with Gasteiger partial charge in [0.25, 0.3) is 0 Å². The molecule has 0 saturated heterocycles. The van der Waals surface area contributed by atoms with Crippen LogP contribution in [0.25, 0.3) is 9.88 Å². The molecule has 0 aromatic carbocycles. The van der Waals surface area contributed by atoms with Gasteiger partial charge in [-0.3, -0.25) is 0 Å². The summed E-state index contributed by atoms with van der Waals surface area (Å²) >= 11 is 3.13. The Morgan fingerprint density at radius 2 is 2.08 bits per heavy atom. The molecule has 0 spiro atoms. The summed E-state index contributed by atoms with van der Waals surface area (Å²) in [5.41, 5.74) is 8.10. The number of aryl methyl sites for hydroxylation is 1. The summed E-state index contributed by atoms with van der Waals surface area (Å²) in [6.07, 6.45) is 0. The smallest absolute Gasteiger partial charge is 0.203 e. The summed E-state index contributed by atoms with van der Waals surface area (Å²) in [6.45, 7) is 4.19. The lowest BCUT2D eigenvalue weighted by atomic mass is 10.2. The molecule has 0 saturated carbocycles. The van der Waals surface area contributed by atoms with Crippen LogP contribution >= 0.6 is 22.7 Å². The van der Waals surface area contributed by atoms with Crippen molar-refractivity contribution in [2.45, 2.75) is 13.8 Å². The zero-order valence-electron chi connectivity index (χ0n) is 7.37. The molecule has 0 fully saturated rings. The largest absolute Gasteiger partial charge is 0.374 e. The summed E-state index contributed by atoms with van der Waals surface area (Å²) in [7, 11) is 0. The van der Waals surface area contributed by atoms with E-state index in [4.69, 9.17) is 5.73 Å². The number of hydrogen-bond acceptors (Lipinski definition) is 5. The quantitative estimate of drug-likeness (QED) is 0.788. The third-order valence-corrected chi connectivity index (χ3v) is 4.03. The van der Waals surface area contributed by atoms with E-state index in [9.17, 15) is 0 Å². The number of nitrogen functional groups attached to an aromatic ring is 1. The van der Waals surface area contributed by atoms with E-state index in [1.807, 2.05) is 0 Å². The van der Waals surface area contributed by atoms with Gasteiger partial charge in [-0.2, -0.15) is 0 Å². The molecule has 2 aromatic heterocycles. The highest BCUT2D eigenvalue weighted by Crippen LogP contribution is 2.34. The van der Waals surface area contributed by atoms with Crippen LogP contribution in [0.3, 0.4) is 0 Å². The van der Waals surface area contributed by atoms with Crippen molar-refractivity contribution in [2.24, 2.45) is 0 Å². The molecule has 2 aromatic rings. The molecule has 68 valence electrons. The second-order valence-electron chi connectivity index (χ2n) is 2.82. The Kier molecular flexibility index (Phi) is 2.05. The molecular formula is C8H9N3S2. The van der Waals surface area contributed by atoms with Crippen LogP contribution in [0, 0.1) is 13.8 Å². The summed E-state index contributed by atoms with van der Waals surface area (Å²) < 4.78 is 0. The molecule has 0 radical (unpaired) electrons. The van der Waals surface area contributed by atoms with Gasteiger partial charge in [0.05, 0.1) is 4.88 Å². The van der Waals surface area contributed by atoms with Gasteiger partial charge in [-0.1, -0.05) is 11.3 Å². The van der Waals surface area contributed by atoms with Crippen LogP contribution < -0.4 is 5.73 Å². The van der Waals surface area contributed by atoms with Crippen LogP contribution in [-0.2, 0) is 0 Å². The maximum Gasteiger partial charge on any atom is 0.203 e. The maximum atomic E-state index is 5.52. The summed E-state index contributed by atoms with van der Waals surface area (Å²) in [5, 5.41) is 11.4. The second kappa shape index (κ2) is 3.08. The lowest BCUT2D eigenvalue weighted by molar-refractivity contribution is 1.10. The number of thiophene rings is 1. The third-order valence-electron chi connectivity index (χ3n) is 1.92. The minimum absolute atomic E-state index is 0.528. The van der Waals surface area contributed by atoms with Crippen molar-refractivity contribution < 1.29 is 0 Å². The lowest BCUT2D eigenvalue weighted by Gasteiger charge is -1.92. The molecule has 0 aliphatic heterocycles. The monoisotopic (exact) mass is 211 g/mol. The number of nitrogens with zero attached hydrogens (tertiary/aromatic N) is 2. The molecule has 0 aliphatic carbocycles. The minimum atomic E-state index is 0.528. The van der Waals surface area contributed by atoms with Crippen molar-refractivity contribution in [3.05, 3.63) is 16.5 Å². The fraction of sp³-hybridized carbons (Fsp3) is 0.250. The lowest BCUT2D eigenvalue weighted by Crippen LogP contribution is -1.80. The summed E-state index contributed by atoms with van der Waals surface area (Å²) in [4.78, 5) is 1.19. The Morgan fingerprint density at radius 3 is 2.54 bits per heavy atom. The minimum Gasteiger partial charge on any atom is -0.374 e. The van der Waals surface area contributed by atoms with E-state index in [1.54, 1.807) is 11.3 Å². The predicted molar refractivity (Wildman–Crippen MR) is 57.1 cm³/mol. The first-order valence-electron chi connectivity index (χ1n) is 3.82. The van der Waals surface area contributed by atoms with Crippen LogP contribution in [0.5, 0.6) is 0 Å². The maximum absolute atomic E-state index is 5.52. The van der Waals surface area contributed by atoms with Crippen molar-refractivity contribution in [1.82, 2.24) is 10.2 Å². The number of aromatic nitrogens is 2. The Balaban J connectivity index is 2.52. The summed E-state index contributed by atoms with van der Waals surface area (Å²) in [6, 6.07) is 0. The summed E-state index contributed by atoms with van der Waals surface area (Å²) in [5.74, 6) is 0. The standard InChI is InChI=1S/C8H9N3S2/c1-4-3-12-6(5(4)2)7-10-11-8(9)13-7/h3H,1-2H3,(H2,9,11). The molecular weight excluding hydrogens is 202 g/mol. The van der Waals surface area contributed by atoms with Crippen LogP contribution in [0.2, 0.25) is 0 Å². The Labute approximate surface area is 84.2 Å². The molecule has 3 nitrogen and oxygen atoms in total. The normalized spacial score (nSPS) is 10.6. The fourth-order valence-corrected chi connectivity index (χ4v) is 2.87. The average Bonchev–Trinajstić information content (AvgIpc) is 2.62. The van der Waals surface area contributed by atoms with E-state index < -0.39 is 0 Å². The number of hydrogen-bond donors (Lipinski definition) is 1. The van der Waals surface area contributed by atoms with Crippen molar-refractivity contribution in [3.63, 3.8) is 0 Å². The Bertz CT molecular complexity index is 430. The van der Waals surface area contributed by atoms with Gasteiger partial charge < -0.3 is 5.73 Å². The molecule has 2 heterocycles. The van der Waals surface area contributed by atoms with Crippen molar-refractivity contribution in [1.29, 1.82) is 0 Å². The SMILES string of the molecule is Cc1csc(-c2nnc(N)s2)c1C. The zero-order valence-corrected chi connectivity index (χ0v) is 9.00. The Hall–Kier alpha value is -0.940. The first-order valence-corrected chi connectivity index (χ1v) is 5.52. The van der Waals surface area contributed by atoms with E-state index in [0.29, 0.717) is 5.13 Å². The zero-order chi connectivity index (χ0) is 9.42. The highest BCUT2D eigenvalue weighted by Gasteiger charge is 2.10. The second-order valence-corrected chi connectivity index (χ2v) is 4.71. The molecule has 0 atom stereocenters. The van der Waals surface area contributed by atoms with Gasteiger partial charge in [0, 0.05) is 0 Å². The molecule has 0 amide bonds. The van der Waals surface area contributed by atoms with Crippen molar-refractivity contribution in [2.75, 3.05) is 5.73 Å². The molecule has 13 heavy (non-hydrogen) atoms. The van der Waals surface area contributed by atoms with Gasteiger partial charge in [-0.15, -0.1) is 21.5 Å². The van der Waals surface area contributed by atoms with Crippen LogP contribution in [-0.4, -0.2) is 10.2 Å². The number of rotatable bonds is 1. The van der Waals surface area contributed by atoms with Gasteiger partial charge in [0.2, 0.25) is 5.13 Å². The first kappa shape index (κ1) is 8.65. The Morgan fingerprint density at radius 1 is 1.31 bits per heavy atom. The molecule has 2 rings (SSSR count). The van der Waals surface area contributed by atoms with Crippen molar-refractivity contribution in [3.8, 4) is 9.88 Å². The van der Waals surface area contributed by atoms with Crippen LogP contribution in [0.4, 0.5) is 5.13 Å². The number of nitrogens with two attached hydrogens (primary N) is 1. The van der Waals surface area contributed by atoms with Crippen LogP contribution in [0.15, 0.2) is 5.38 Å². The van der Waals surface area contributed by atoms with E-state index in [-0.39, 0.29) is 0 Å². The van der Waals surface area contributed by atoms with Gasteiger partial charge in [0.15, 0.2) is 5.01 Å². The number of anilines is 1. The molecule has 2 N–H and O–H groups in total. The molecule has 0 aliphatic rings. The van der Waals surface area contributed by atoms with E-state index in [2.05, 4.69) is 29.4 Å². The van der Waals surface area contributed by atoms with Crippen molar-refractivity contribution >= 4 is 27.8 Å². The van der Waals surface area contributed by atoms with Gasteiger partial charge >= 0.3 is 0 Å². The van der Waals surface area contributed by atoms with Gasteiger partial charge in [-0.05, 0) is 30.4 Å². The fourth-order valence-electron chi connectivity index (χ4n) is 1.04. The third kappa shape index (κ3) is 1.45. The van der Waals surface area contributed by atoms with E-state index >= 15 is 0 Å². The molecule has 0 bridgehead atoms. The van der Waals surface area contributed by atoms with Gasteiger partial charge in [-0.25, -0.2) is 0 Å².